The van der Waals surface area contributed by atoms with Crippen LogP contribution >= 0.6 is 46.2 Å². The average Bonchev–Trinajstić information content (AvgIpc) is 4.20. The molecule has 4 bridgehead atoms. The molecule has 10 nitrogen and oxygen atoms in total. The number of thioether (sulfide) groups is 2. The third-order valence-electron chi connectivity index (χ3n) is 16.3. The minimum atomic E-state index is -0.357. The number of hydrogen-bond acceptors (Lipinski definition) is 10. The normalized spacial score (nSPS) is 34.8. The van der Waals surface area contributed by atoms with Crippen LogP contribution in [0.25, 0.3) is 11.1 Å². The van der Waals surface area contributed by atoms with E-state index in [2.05, 4.69) is 58.5 Å². The highest BCUT2D eigenvalue weighted by molar-refractivity contribution is 8.00. The van der Waals surface area contributed by atoms with Gasteiger partial charge in [0.05, 0.1) is 45.1 Å². The summed E-state index contributed by atoms with van der Waals surface area (Å²) in [4.78, 5) is 93.1. The summed E-state index contributed by atoms with van der Waals surface area (Å²) < 4.78 is 0. The summed E-state index contributed by atoms with van der Waals surface area (Å²) in [6, 6.07) is 35.9. The van der Waals surface area contributed by atoms with Gasteiger partial charge in [0.25, 0.3) is 0 Å². The quantitative estimate of drug-likeness (QED) is 0.165. The first-order valence-corrected chi connectivity index (χ1v) is 25.5. The number of aromatic nitrogens is 2. The Balaban J connectivity index is 0.770. The molecule has 0 unspecified atom stereocenters. The van der Waals surface area contributed by atoms with Crippen LogP contribution in [0.5, 0.6) is 0 Å². The molecule has 0 radical (unpaired) electrons. The Morgan fingerprint density at radius 2 is 0.797 bits per heavy atom. The summed E-state index contributed by atoms with van der Waals surface area (Å²) >= 11 is 5.94. The molecule has 6 heterocycles. The van der Waals surface area contributed by atoms with Crippen molar-refractivity contribution in [1.29, 1.82) is 0 Å². The second-order valence-corrected chi connectivity index (χ2v) is 23.3. The van der Waals surface area contributed by atoms with E-state index in [1.807, 2.05) is 60.7 Å². The summed E-state index contributed by atoms with van der Waals surface area (Å²) in [6.45, 7) is 0. The van der Waals surface area contributed by atoms with E-state index in [-0.39, 0.29) is 115 Å². The number of rotatable bonds is 5. The Hall–Kier alpha value is -5.28. The third-order valence-corrected chi connectivity index (χ3v) is 21.5. The van der Waals surface area contributed by atoms with Crippen molar-refractivity contribution in [3.63, 3.8) is 0 Å². The van der Waals surface area contributed by atoms with Crippen molar-refractivity contribution in [2.45, 2.75) is 45.2 Å². The van der Waals surface area contributed by atoms with E-state index in [0.29, 0.717) is 11.4 Å². The van der Waals surface area contributed by atoms with Gasteiger partial charge in [0.15, 0.2) is 0 Å². The molecule has 318 valence electrons. The van der Waals surface area contributed by atoms with Crippen LogP contribution in [0.4, 0.5) is 11.4 Å². The summed E-state index contributed by atoms with van der Waals surface area (Å²) in [5, 5.41) is 2.01. The number of carbonyl (C=O) groups is 4. The Kier molecular flexibility index (Phi) is 8.10. The third kappa shape index (κ3) is 5.05. The van der Waals surface area contributed by atoms with Crippen molar-refractivity contribution in [2.75, 3.05) is 9.80 Å². The van der Waals surface area contributed by atoms with Gasteiger partial charge >= 0.3 is 9.75 Å². The van der Waals surface area contributed by atoms with E-state index in [9.17, 15) is 28.8 Å². The molecule has 8 aliphatic rings. The largest absolute Gasteiger partial charge is 0.307 e. The highest BCUT2D eigenvalue weighted by atomic mass is 32.2. The lowest BCUT2D eigenvalue weighted by molar-refractivity contribution is -0.124. The van der Waals surface area contributed by atoms with Crippen LogP contribution < -0.4 is 19.5 Å². The Morgan fingerprint density at radius 3 is 1.17 bits per heavy atom. The molecule has 14 atom stereocenters. The van der Waals surface area contributed by atoms with E-state index in [0.717, 1.165) is 54.9 Å². The first-order valence-electron chi connectivity index (χ1n) is 22.1. The van der Waals surface area contributed by atoms with Gasteiger partial charge in [-0.25, -0.2) is 0 Å². The second kappa shape index (κ2) is 13.6. The maximum absolute atomic E-state index is 14.2. The van der Waals surface area contributed by atoms with E-state index >= 15 is 0 Å². The topological polar surface area (TPSA) is 140 Å². The number of nitrogens with one attached hydrogen (secondary N) is 2. The van der Waals surface area contributed by atoms with Crippen molar-refractivity contribution >= 4 is 81.2 Å². The highest BCUT2D eigenvalue weighted by Gasteiger charge is 2.71. The number of H-pyrrole nitrogens is 2. The molecule has 4 amide bonds. The predicted molar refractivity (Wildman–Crippen MR) is 247 cm³/mol. The number of anilines is 2. The van der Waals surface area contributed by atoms with Gasteiger partial charge in [-0.15, -0.1) is 23.5 Å². The number of carbonyl (C=O) groups excluding carboxylic acids is 4. The number of amides is 4. The average molecular weight is 919 g/mol. The lowest BCUT2D eigenvalue weighted by Gasteiger charge is -2.43. The maximum atomic E-state index is 14.2. The smallest absolute Gasteiger partial charge is 0.305 e. The Bertz CT molecular complexity index is 2900. The van der Waals surface area contributed by atoms with Crippen molar-refractivity contribution in [1.82, 2.24) is 9.97 Å². The van der Waals surface area contributed by atoms with Gasteiger partial charge in [0.2, 0.25) is 23.6 Å². The first-order chi connectivity index (χ1) is 31.2. The van der Waals surface area contributed by atoms with E-state index in [1.54, 1.807) is 23.5 Å². The first kappa shape index (κ1) is 38.0. The molecule has 14 heteroatoms. The van der Waals surface area contributed by atoms with Crippen molar-refractivity contribution in [3.8, 4) is 11.1 Å². The zero-order valence-corrected chi connectivity index (χ0v) is 37.1. The van der Waals surface area contributed by atoms with Crippen LogP contribution in [-0.4, -0.2) is 44.1 Å². The van der Waals surface area contributed by atoms with Crippen LogP contribution in [0.3, 0.4) is 0 Å². The minimum Gasteiger partial charge on any atom is -0.307 e. The SMILES string of the molecule is O=C1[C@@H]2[C@@H]3C[C@H]([C@@H]2C(=O)N1c1ccccc1)[C@H]1[C@H](c2ccc(-c4ccc([C@H]5c6sc(=O)[nH]c6S[C@@H]6[C@@H]7C[C@@H]([C@@H]8C(=O)N(c9ccccc9)C(=O)[C@H]78)[C@H]56)cc4)cc2)c2sc(=O)[nH]c2S[C@@H]31. The van der Waals surface area contributed by atoms with Crippen LogP contribution in [0.2, 0.25) is 0 Å². The molecular formula is C50H38N4O6S4. The molecule has 6 fully saturated rings. The number of nitrogens with zero attached hydrogens (tertiary/aromatic N) is 2. The van der Waals surface area contributed by atoms with Crippen LogP contribution in [0, 0.1) is 59.2 Å². The fraction of sp³-hybridized carbons (Fsp3) is 0.320. The van der Waals surface area contributed by atoms with E-state index in [1.165, 1.54) is 32.5 Å². The number of benzene rings is 4. The molecule has 2 aromatic heterocycles. The molecular weight excluding hydrogens is 881 g/mol. The van der Waals surface area contributed by atoms with Crippen molar-refractivity contribution in [3.05, 3.63) is 149 Å². The van der Waals surface area contributed by atoms with Crippen LogP contribution in [0.1, 0.15) is 45.6 Å². The molecule has 6 aromatic rings. The van der Waals surface area contributed by atoms with Crippen molar-refractivity contribution < 1.29 is 19.2 Å². The van der Waals surface area contributed by atoms with Gasteiger partial charge in [0, 0.05) is 32.1 Å². The highest BCUT2D eigenvalue weighted by Crippen LogP contribution is 2.70. The van der Waals surface area contributed by atoms with E-state index < -0.39 is 0 Å². The Morgan fingerprint density at radius 1 is 0.438 bits per heavy atom. The van der Waals surface area contributed by atoms with Gasteiger partial charge in [-0.3, -0.25) is 38.6 Å². The molecule has 4 aromatic carbocycles. The van der Waals surface area contributed by atoms with Gasteiger partial charge < -0.3 is 9.97 Å². The fourth-order valence-corrected chi connectivity index (χ4v) is 20.0. The van der Waals surface area contributed by atoms with E-state index in [4.69, 9.17) is 0 Å². The molecule has 2 saturated heterocycles. The van der Waals surface area contributed by atoms with Gasteiger partial charge in [-0.2, -0.15) is 0 Å². The minimum absolute atomic E-state index is 0.0354. The summed E-state index contributed by atoms with van der Waals surface area (Å²) in [5.74, 6) is -1.49. The summed E-state index contributed by atoms with van der Waals surface area (Å²) in [6.07, 6.45) is 1.67. The standard InChI is InChI=1S/C50H38N4O6S4/c55-45-35-27-19-29(37(35)47(57)53(45)25-7-3-1-4-8-25)39-33(27)31(41-43(61-39)51-49(59)63-41)23-15-11-21(12-16-23)22-13-17-24(18-14-22)32-34-28-20-30(40(34)62-44-42(32)64-50(60)52-44)38-36(28)46(56)54(48(38)58)26-9-5-2-6-10-26/h1-18,27-40H,19-20H2,(H,51,59)(H,52,60)/t27-,28+,29-,30+,31-,32+,33-,34+,35-,36-,37+,38+,39-,40+/m0/s1. The number of thiazole rings is 2. The number of hydrogen-bond donors (Lipinski definition) is 2. The number of fused-ring (bicyclic) bond motifs is 18. The summed E-state index contributed by atoms with van der Waals surface area (Å²) in [5.41, 5.74) is 5.58. The monoisotopic (exact) mass is 918 g/mol. The number of imide groups is 2. The molecule has 64 heavy (non-hydrogen) atoms. The zero-order chi connectivity index (χ0) is 42.9. The molecule has 4 aliphatic carbocycles. The number of aromatic amines is 2. The fourth-order valence-electron chi connectivity index (χ4n) is 14.2. The van der Waals surface area contributed by atoms with Gasteiger partial charge in [-0.05, 0) is 94.9 Å². The maximum Gasteiger partial charge on any atom is 0.305 e. The lowest BCUT2D eigenvalue weighted by atomic mass is 9.68. The Labute approximate surface area is 382 Å². The van der Waals surface area contributed by atoms with Crippen LogP contribution in [0.15, 0.2) is 129 Å². The number of para-hydroxylation sites is 2. The van der Waals surface area contributed by atoms with Crippen LogP contribution in [-0.2, 0) is 19.2 Å². The second-order valence-electron chi connectivity index (χ2n) is 18.9. The molecule has 0 spiro atoms. The molecule has 4 saturated carbocycles. The lowest BCUT2D eigenvalue weighted by Crippen LogP contribution is -2.42. The zero-order valence-electron chi connectivity index (χ0n) is 33.9. The van der Waals surface area contributed by atoms with Gasteiger partial charge in [0.1, 0.15) is 0 Å². The predicted octanol–water partition coefficient (Wildman–Crippen LogP) is 8.21. The molecule has 2 N–H and O–H groups in total. The van der Waals surface area contributed by atoms with Crippen molar-refractivity contribution in [2.24, 2.45) is 59.2 Å². The van der Waals surface area contributed by atoms with Gasteiger partial charge in [-0.1, -0.05) is 108 Å². The summed E-state index contributed by atoms with van der Waals surface area (Å²) in [7, 11) is 0. The molecule has 14 rings (SSSR count). The molecule has 4 aliphatic heterocycles.